The van der Waals surface area contributed by atoms with E-state index in [1.165, 1.54) is 0 Å². The Hall–Kier alpha value is -1.49. The van der Waals surface area contributed by atoms with E-state index < -0.39 is 64.7 Å². The highest BCUT2D eigenvalue weighted by Gasteiger charge is 2.69. The molecule has 0 radical (unpaired) electrons. The highest BCUT2D eigenvalue weighted by atomic mass is 19.2. The van der Waals surface area contributed by atoms with E-state index >= 15 is 0 Å². The van der Waals surface area contributed by atoms with Gasteiger partial charge in [-0.1, -0.05) is 13.8 Å². The van der Waals surface area contributed by atoms with E-state index in [2.05, 4.69) is 6.92 Å². The van der Waals surface area contributed by atoms with Crippen molar-refractivity contribution in [3.63, 3.8) is 0 Å². The molecule has 1 saturated carbocycles. The highest BCUT2D eigenvalue weighted by Crippen LogP contribution is 2.60. The molecule has 1 aromatic carbocycles. The summed E-state index contributed by atoms with van der Waals surface area (Å²) in [5, 5.41) is 0. The lowest BCUT2D eigenvalue weighted by molar-refractivity contribution is -0.575. The fourth-order valence-electron chi connectivity index (χ4n) is 5.81. The van der Waals surface area contributed by atoms with E-state index in [9.17, 15) is 22.0 Å². The van der Waals surface area contributed by atoms with Gasteiger partial charge in [0.1, 0.15) is 0 Å². The summed E-state index contributed by atoms with van der Waals surface area (Å²) in [6, 6.07) is 0. The smallest absolute Gasteiger partial charge is 0.207 e. The van der Waals surface area contributed by atoms with Crippen molar-refractivity contribution in [3.05, 3.63) is 29.1 Å². The number of fused-ring (bicyclic) bond motifs is 2. The van der Waals surface area contributed by atoms with E-state index in [0.717, 1.165) is 12.8 Å². The van der Waals surface area contributed by atoms with Crippen LogP contribution in [0.1, 0.15) is 46.5 Å². The molecule has 1 aromatic rings. The van der Waals surface area contributed by atoms with E-state index in [1.54, 1.807) is 13.8 Å². The van der Waals surface area contributed by atoms with Gasteiger partial charge in [-0.25, -0.2) is 22.9 Å². The van der Waals surface area contributed by atoms with Gasteiger partial charge in [0.25, 0.3) is 0 Å². The Morgan fingerprint density at radius 1 is 0.839 bits per heavy atom. The molecule has 5 fully saturated rings. The maximum Gasteiger partial charge on any atom is 0.207 e. The van der Waals surface area contributed by atoms with Gasteiger partial charge < -0.3 is 14.2 Å². The third-order valence-corrected chi connectivity index (χ3v) is 7.50. The summed E-state index contributed by atoms with van der Waals surface area (Å²) in [5.41, 5.74) is -0.941. The standard InChI is InChI=1S/C21H23F5O5/c1-8-4-5-11-9(2)18(27-17-15(25)13(23)12(22)14(24)16(17)26)28-19-21(11)10(8)6-7-20(3,29-19)30-31-21/h8-11,18-19H,4-7H2,1-3H3/t8-,9-,10+,11+,18+,19-,20-,21-/m1/s1. The van der Waals surface area contributed by atoms with Crippen LogP contribution in [0.15, 0.2) is 0 Å². The van der Waals surface area contributed by atoms with Gasteiger partial charge in [-0.15, -0.1) is 0 Å². The summed E-state index contributed by atoms with van der Waals surface area (Å²) in [7, 11) is 0. The van der Waals surface area contributed by atoms with Crippen LogP contribution in [0.25, 0.3) is 0 Å². The summed E-state index contributed by atoms with van der Waals surface area (Å²) in [4.78, 5) is 11.6. The summed E-state index contributed by atoms with van der Waals surface area (Å²) in [6.07, 6.45) is 0.615. The fraction of sp³-hybridized carbons (Fsp3) is 0.714. The van der Waals surface area contributed by atoms with Gasteiger partial charge in [0, 0.05) is 18.3 Å². The second kappa shape index (κ2) is 7.00. The zero-order chi connectivity index (χ0) is 22.3. The van der Waals surface area contributed by atoms with Gasteiger partial charge >= 0.3 is 0 Å². The Morgan fingerprint density at radius 3 is 2.16 bits per heavy atom. The van der Waals surface area contributed by atoms with Crippen molar-refractivity contribution in [3.8, 4) is 5.75 Å². The molecule has 0 aromatic heterocycles. The molecule has 2 bridgehead atoms. The monoisotopic (exact) mass is 450 g/mol. The lowest BCUT2D eigenvalue weighted by atomic mass is 9.58. The predicted molar refractivity (Wildman–Crippen MR) is 93.7 cm³/mol. The molecular formula is C21H23F5O5. The lowest BCUT2D eigenvalue weighted by Crippen LogP contribution is -2.70. The van der Waals surface area contributed by atoms with Crippen LogP contribution in [0.4, 0.5) is 22.0 Å². The molecule has 172 valence electrons. The van der Waals surface area contributed by atoms with Crippen molar-refractivity contribution in [1.29, 1.82) is 0 Å². The van der Waals surface area contributed by atoms with Gasteiger partial charge in [-0.3, -0.25) is 0 Å². The predicted octanol–water partition coefficient (Wildman–Crippen LogP) is 4.97. The van der Waals surface area contributed by atoms with E-state index in [0.29, 0.717) is 18.8 Å². The Labute approximate surface area is 175 Å². The van der Waals surface area contributed by atoms with Gasteiger partial charge in [0.05, 0.1) is 0 Å². The maximum atomic E-state index is 14.2. The van der Waals surface area contributed by atoms with Crippen LogP contribution < -0.4 is 4.74 Å². The van der Waals surface area contributed by atoms with Crippen LogP contribution >= 0.6 is 0 Å². The zero-order valence-electron chi connectivity index (χ0n) is 17.2. The average molecular weight is 450 g/mol. The van der Waals surface area contributed by atoms with Crippen LogP contribution in [0.3, 0.4) is 0 Å². The fourth-order valence-corrected chi connectivity index (χ4v) is 5.81. The number of rotatable bonds is 2. The molecule has 31 heavy (non-hydrogen) atoms. The number of halogens is 5. The SMILES string of the molecule is C[C@H]1[C@@H](Oc2c(F)c(F)c(F)c(F)c2F)O[C@@H]2O[C@@]3(C)CC[C@H]4[C@H](C)CC[C@@H]1[C@@]24OO3. The molecule has 5 aliphatic rings. The molecule has 10 heteroatoms. The molecule has 1 aliphatic carbocycles. The number of hydrogen-bond donors (Lipinski definition) is 0. The van der Waals surface area contributed by atoms with Crippen LogP contribution in [-0.2, 0) is 19.2 Å². The van der Waals surface area contributed by atoms with Crippen molar-refractivity contribution in [2.45, 2.75) is 70.4 Å². The molecule has 0 amide bonds. The van der Waals surface area contributed by atoms with Crippen LogP contribution in [0, 0.1) is 52.8 Å². The van der Waals surface area contributed by atoms with Crippen molar-refractivity contribution < 1.29 is 45.9 Å². The first-order valence-corrected chi connectivity index (χ1v) is 10.5. The minimum absolute atomic E-state index is 0.0538. The molecule has 8 atom stereocenters. The first-order valence-electron chi connectivity index (χ1n) is 10.5. The van der Waals surface area contributed by atoms with Crippen molar-refractivity contribution in [1.82, 2.24) is 0 Å². The Balaban J connectivity index is 1.53. The molecule has 5 nitrogen and oxygen atoms in total. The minimum atomic E-state index is -2.24. The minimum Gasteiger partial charge on any atom is -0.458 e. The molecule has 0 N–H and O–H groups in total. The average Bonchev–Trinajstić information content (AvgIpc) is 2.97. The van der Waals surface area contributed by atoms with Crippen molar-refractivity contribution in [2.24, 2.45) is 23.7 Å². The first-order chi connectivity index (χ1) is 14.6. The number of ether oxygens (including phenoxy) is 3. The third kappa shape index (κ3) is 2.87. The Morgan fingerprint density at radius 2 is 1.48 bits per heavy atom. The van der Waals surface area contributed by atoms with Gasteiger partial charge in [0.15, 0.2) is 17.6 Å². The highest BCUT2D eigenvalue weighted by molar-refractivity contribution is 5.30. The molecular weight excluding hydrogens is 427 g/mol. The first kappa shape index (κ1) is 21.4. The number of hydrogen-bond acceptors (Lipinski definition) is 5. The van der Waals surface area contributed by atoms with Gasteiger partial charge in [-0.2, -0.15) is 8.78 Å². The summed E-state index contributed by atoms with van der Waals surface area (Å²) < 4.78 is 86.5. The molecule has 6 rings (SSSR count). The second-order valence-corrected chi connectivity index (χ2v) is 9.29. The second-order valence-electron chi connectivity index (χ2n) is 9.29. The summed E-state index contributed by atoms with van der Waals surface area (Å²) in [5.74, 6) is -13.3. The largest absolute Gasteiger partial charge is 0.458 e. The molecule has 1 spiro atoms. The van der Waals surface area contributed by atoms with Gasteiger partial charge in [-0.05, 0) is 38.0 Å². The van der Waals surface area contributed by atoms with Crippen LogP contribution in [0.5, 0.6) is 5.75 Å². The molecule has 0 unspecified atom stereocenters. The summed E-state index contributed by atoms with van der Waals surface area (Å²) >= 11 is 0. The van der Waals surface area contributed by atoms with Crippen LogP contribution in [0.2, 0.25) is 0 Å². The normalized spacial score (nSPS) is 44.0. The molecule has 4 saturated heterocycles. The maximum absolute atomic E-state index is 14.2. The Bertz CT molecular complexity index is 886. The van der Waals surface area contributed by atoms with Crippen molar-refractivity contribution in [2.75, 3.05) is 0 Å². The van der Waals surface area contributed by atoms with Crippen LogP contribution in [-0.4, -0.2) is 24.0 Å². The number of benzene rings is 1. The third-order valence-electron chi connectivity index (χ3n) is 7.50. The zero-order valence-corrected chi connectivity index (χ0v) is 17.2. The molecule has 4 heterocycles. The van der Waals surface area contributed by atoms with Crippen molar-refractivity contribution >= 4 is 0 Å². The van der Waals surface area contributed by atoms with E-state index in [-0.39, 0.29) is 11.8 Å². The van der Waals surface area contributed by atoms with Gasteiger partial charge in [0.2, 0.25) is 41.2 Å². The molecule has 4 aliphatic heterocycles. The quantitative estimate of drug-likeness (QED) is 0.276. The lowest BCUT2D eigenvalue weighted by Gasteiger charge is -2.60. The van der Waals surface area contributed by atoms with E-state index in [4.69, 9.17) is 24.0 Å². The topological polar surface area (TPSA) is 46.2 Å². The Kier molecular flexibility index (Phi) is 4.82. The van der Waals surface area contributed by atoms with E-state index in [1.807, 2.05) is 0 Å². The summed E-state index contributed by atoms with van der Waals surface area (Å²) in [6.45, 7) is 5.57.